The maximum absolute atomic E-state index is 10.7. The van der Waals surface area contributed by atoms with E-state index in [1.165, 1.54) is 0 Å². The van der Waals surface area contributed by atoms with Gasteiger partial charge in [-0.15, -0.1) is 0 Å². The van der Waals surface area contributed by atoms with Crippen LogP contribution in [0.5, 0.6) is 0 Å². The van der Waals surface area contributed by atoms with Crippen molar-refractivity contribution >= 4 is 11.7 Å². The molecule has 1 aromatic rings. The zero-order valence-corrected chi connectivity index (χ0v) is 8.76. The maximum atomic E-state index is 10.7. The predicted molar refractivity (Wildman–Crippen MR) is 63.7 cm³/mol. The number of hydrogen-bond donors (Lipinski definition) is 2. The third kappa shape index (κ3) is 2.42. The van der Waals surface area contributed by atoms with Crippen LogP contribution in [-0.4, -0.2) is 12.6 Å². The molecule has 0 aliphatic carbocycles. The Morgan fingerprint density at radius 1 is 1.31 bits per heavy atom. The first-order chi connectivity index (χ1) is 7.75. The van der Waals surface area contributed by atoms with Gasteiger partial charge in [0.1, 0.15) is 0 Å². The fourth-order valence-electron chi connectivity index (χ4n) is 1.59. The summed E-state index contributed by atoms with van der Waals surface area (Å²) in [6, 6.07) is 9.41. The predicted octanol–water partition coefficient (Wildman–Crippen LogP) is 1.57. The van der Waals surface area contributed by atoms with E-state index in [2.05, 4.69) is 5.32 Å². The monoisotopic (exact) mass is 215 g/mol. The molecular weight excluding hydrogens is 202 g/mol. The molecule has 0 saturated carbocycles. The highest BCUT2D eigenvalue weighted by Gasteiger charge is 2.09. The zero-order valence-electron chi connectivity index (χ0n) is 8.76. The Bertz CT molecular complexity index is 437. The van der Waals surface area contributed by atoms with Gasteiger partial charge in [-0.25, -0.2) is 4.79 Å². The second-order valence-corrected chi connectivity index (χ2v) is 3.49. The minimum atomic E-state index is -0.533. The summed E-state index contributed by atoms with van der Waals surface area (Å²) in [5.41, 5.74) is 6.94. The van der Waals surface area contributed by atoms with Gasteiger partial charge in [-0.2, -0.15) is 0 Å². The number of primary amides is 1. The molecule has 1 aliphatic heterocycles. The van der Waals surface area contributed by atoms with Crippen molar-refractivity contribution in [2.45, 2.75) is 0 Å². The van der Waals surface area contributed by atoms with Crippen molar-refractivity contribution in [3.63, 3.8) is 0 Å². The molecule has 2 rings (SSSR count). The Kier molecular flexibility index (Phi) is 2.91. The molecule has 1 aliphatic rings. The number of urea groups is 1. The summed E-state index contributed by atoms with van der Waals surface area (Å²) in [7, 11) is 0. The molecule has 0 unspecified atom stereocenters. The van der Waals surface area contributed by atoms with E-state index in [1.54, 1.807) is 0 Å². The largest absolute Gasteiger partial charge is 0.351 e. The number of carbonyl (C=O) groups is 1. The van der Waals surface area contributed by atoms with Crippen LogP contribution in [0.1, 0.15) is 0 Å². The number of allylic oxidation sites excluding steroid dienone is 2. The molecule has 1 aromatic carbocycles. The SMILES string of the molecule is NC(=O)NC1=CC=CN(c2ccccc2)C1. The molecule has 16 heavy (non-hydrogen) atoms. The van der Waals surface area contributed by atoms with Crippen LogP contribution in [0, 0.1) is 0 Å². The Balaban J connectivity index is 2.09. The van der Waals surface area contributed by atoms with Crippen LogP contribution < -0.4 is 16.0 Å². The van der Waals surface area contributed by atoms with Gasteiger partial charge in [-0.05, 0) is 24.3 Å². The third-order valence-corrected chi connectivity index (χ3v) is 2.28. The van der Waals surface area contributed by atoms with E-state index in [9.17, 15) is 4.79 Å². The number of nitrogens with two attached hydrogens (primary N) is 1. The lowest BCUT2D eigenvalue weighted by molar-refractivity contribution is 0.251. The van der Waals surface area contributed by atoms with Gasteiger partial charge in [-0.1, -0.05) is 18.2 Å². The fraction of sp³-hybridized carbons (Fsp3) is 0.0833. The van der Waals surface area contributed by atoms with Crippen molar-refractivity contribution in [2.24, 2.45) is 5.73 Å². The Morgan fingerprint density at radius 3 is 2.75 bits per heavy atom. The van der Waals surface area contributed by atoms with Gasteiger partial charge in [0, 0.05) is 17.6 Å². The molecule has 82 valence electrons. The number of para-hydroxylation sites is 1. The summed E-state index contributed by atoms with van der Waals surface area (Å²) in [5, 5.41) is 2.59. The molecule has 3 N–H and O–H groups in total. The summed E-state index contributed by atoms with van der Waals surface area (Å²) in [5.74, 6) is 0. The molecule has 0 atom stereocenters. The van der Waals surface area contributed by atoms with Crippen molar-refractivity contribution in [1.29, 1.82) is 0 Å². The van der Waals surface area contributed by atoms with Crippen LogP contribution in [0.25, 0.3) is 0 Å². The van der Waals surface area contributed by atoms with Gasteiger partial charge in [0.15, 0.2) is 0 Å². The van der Waals surface area contributed by atoms with E-state index in [4.69, 9.17) is 5.73 Å². The van der Waals surface area contributed by atoms with Crippen LogP contribution in [0.15, 0.2) is 54.4 Å². The van der Waals surface area contributed by atoms with Crippen molar-refractivity contribution in [2.75, 3.05) is 11.4 Å². The average molecular weight is 215 g/mol. The zero-order chi connectivity index (χ0) is 11.4. The van der Waals surface area contributed by atoms with Gasteiger partial charge >= 0.3 is 6.03 Å². The van der Waals surface area contributed by atoms with E-state index >= 15 is 0 Å². The number of benzene rings is 1. The minimum Gasteiger partial charge on any atom is -0.351 e. The van der Waals surface area contributed by atoms with Gasteiger partial charge in [0.2, 0.25) is 0 Å². The van der Waals surface area contributed by atoms with Gasteiger partial charge in [0.25, 0.3) is 0 Å². The first-order valence-corrected chi connectivity index (χ1v) is 5.01. The highest BCUT2D eigenvalue weighted by Crippen LogP contribution is 2.17. The Morgan fingerprint density at radius 2 is 2.06 bits per heavy atom. The molecular formula is C12H13N3O. The van der Waals surface area contributed by atoms with E-state index in [-0.39, 0.29) is 0 Å². The molecule has 2 amide bonds. The number of carbonyl (C=O) groups excluding carboxylic acids is 1. The molecule has 0 radical (unpaired) electrons. The van der Waals surface area contributed by atoms with Gasteiger partial charge in [0.05, 0.1) is 6.54 Å². The van der Waals surface area contributed by atoms with Crippen LogP contribution in [0.3, 0.4) is 0 Å². The molecule has 0 aromatic heterocycles. The first-order valence-electron chi connectivity index (χ1n) is 5.01. The van der Waals surface area contributed by atoms with E-state index in [1.807, 2.05) is 53.6 Å². The second kappa shape index (κ2) is 4.53. The number of anilines is 1. The summed E-state index contributed by atoms with van der Waals surface area (Å²) in [6.07, 6.45) is 5.67. The Labute approximate surface area is 94.0 Å². The number of nitrogens with one attached hydrogen (secondary N) is 1. The van der Waals surface area contributed by atoms with E-state index in [0.29, 0.717) is 6.54 Å². The summed E-state index contributed by atoms with van der Waals surface area (Å²) in [4.78, 5) is 12.8. The highest BCUT2D eigenvalue weighted by atomic mass is 16.2. The minimum absolute atomic E-state index is 0.533. The molecule has 0 spiro atoms. The molecule has 0 bridgehead atoms. The quantitative estimate of drug-likeness (QED) is 0.786. The Hall–Kier alpha value is -2.23. The summed E-state index contributed by atoms with van der Waals surface area (Å²) >= 11 is 0. The second-order valence-electron chi connectivity index (χ2n) is 3.49. The van der Waals surface area contributed by atoms with Gasteiger partial charge in [-0.3, -0.25) is 0 Å². The fourth-order valence-corrected chi connectivity index (χ4v) is 1.59. The normalized spacial score (nSPS) is 14.5. The number of nitrogens with zero attached hydrogens (tertiary/aromatic N) is 1. The van der Waals surface area contributed by atoms with Crippen molar-refractivity contribution in [1.82, 2.24) is 5.32 Å². The topological polar surface area (TPSA) is 58.4 Å². The lowest BCUT2D eigenvalue weighted by Crippen LogP contribution is -2.35. The van der Waals surface area contributed by atoms with Gasteiger partial charge < -0.3 is 16.0 Å². The molecule has 4 nitrogen and oxygen atoms in total. The average Bonchev–Trinajstić information content (AvgIpc) is 2.30. The van der Waals surface area contributed by atoms with E-state index in [0.717, 1.165) is 11.4 Å². The van der Waals surface area contributed by atoms with Crippen molar-refractivity contribution < 1.29 is 4.79 Å². The van der Waals surface area contributed by atoms with Crippen LogP contribution in [-0.2, 0) is 0 Å². The van der Waals surface area contributed by atoms with Crippen LogP contribution in [0.4, 0.5) is 10.5 Å². The van der Waals surface area contributed by atoms with Crippen LogP contribution in [0.2, 0.25) is 0 Å². The molecule has 1 heterocycles. The standard InChI is InChI=1S/C12H13N3O/c13-12(16)14-10-5-4-8-15(9-10)11-6-2-1-3-7-11/h1-8H,9H2,(H3,13,14,16). The highest BCUT2D eigenvalue weighted by molar-refractivity contribution is 5.74. The number of amides is 2. The third-order valence-electron chi connectivity index (χ3n) is 2.28. The van der Waals surface area contributed by atoms with Crippen molar-refractivity contribution in [3.8, 4) is 0 Å². The van der Waals surface area contributed by atoms with Crippen LogP contribution >= 0.6 is 0 Å². The lowest BCUT2D eigenvalue weighted by Gasteiger charge is -2.24. The number of rotatable bonds is 2. The molecule has 4 heteroatoms. The molecule has 0 saturated heterocycles. The lowest BCUT2D eigenvalue weighted by atomic mass is 10.2. The first kappa shape index (κ1) is 10.3. The van der Waals surface area contributed by atoms with E-state index < -0.39 is 6.03 Å². The smallest absolute Gasteiger partial charge is 0.316 e. The summed E-state index contributed by atoms with van der Waals surface area (Å²) in [6.45, 7) is 0.615. The number of hydrogen-bond acceptors (Lipinski definition) is 2. The maximum Gasteiger partial charge on any atom is 0.316 e. The molecule has 0 fully saturated rings. The summed E-state index contributed by atoms with van der Waals surface area (Å²) < 4.78 is 0. The van der Waals surface area contributed by atoms with Crippen molar-refractivity contribution in [3.05, 3.63) is 54.4 Å².